The highest BCUT2D eigenvalue weighted by molar-refractivity contribution is 7.92. The van der Waals surface area contributed by atoms with Gasteiger partial charge >= 0.3 is 5.97 Å². The van der Waals surface area contributed by atoms with E-state index in [9.17, 15) is 27.7 Å². The van der Waals surface area contributed by atoms with Gasteiger partial charge in [-0.3, -0.25) is 23.9 Å². The summed E-state index contributed by atoms with van der Waals surface area (Å²) in [5.74, 6) is -0.160. The summed E-state index contributed by atoms with van der Waals surface area (Å²) < 4.78 is 51.0. The molecule has 6 aromatic rings. The molecule has 4 heterocycles. The van der Waals surface area contributed by atoms with E-state index in [1.165, 1.54) is 42.7 Å². The van der Waals surface area contributed by atoms with Crippen molar-refractivity contribution in [1.29, 1.82) is 5.26 Å². The summed E-state index contributed by atoms with van der Waals surface area (Å²) in [6.45, 7) is 7.87. The van der Waals surface area contributed by atoms with Crippen molar-refractivity contribution >= 4 is 61.1 Å². The predicted molar refractivity (Wildman–Crippen MR) is 232 cm³/mol. The number of aromatic amines is 1. The molecule has 8 rings (SSSR count). The van der Waals surface area contributed by atoms with Crippen molar-refractivity contribution in [3.05, 3.63) is 141 Å². The van der Waals surface area contributed by atoms with Gasteiger partial charge in [-0.1, -0.05) is 48.6 Å². The van der Waals surface area contributed by atoms with Gasteiger partial charge in [0.1, 0.15) is 34.2 Å². The van der Waals surface area contributed by atoms with E-state index in [0.29, 0.717) is 51.5 Å². The number of allylic oxidation sites excluding steroid dienone is 3. The lowest BCUT2D eigenvalue weighted by molar-refractivity contribution is -0.141. The van der Waals surface area contributed by atoms with Gasteiger partial charge in [0.15, 0.2) is 5.82 Å². The van der Waals surface area contributed by atoms with Crippen LogP contribution in [0.3, 0.4) is 0 Å². The predicted octanol–water partition coefficient (Wildman–Crippen LogP) is 7.65. The summed E-state index contributed by atoms with van der Waals surface area (Å²) in [7, 11) is -2.69. The lowest BCUT2D eigenvalue weighted by Crippen LogP contribution is -2.47. The monoisotopic (exact) mass is 856 g/mol. The summed E-state index contributed by atoms with van der Waals surface area (Å²) >= 11 is 1.53. The lowest BCUT2D eigenvalue weighted by atomic mass is 9.71. The molecule has 3 N–H and O–H groups in total. The third-order valence-electron chi connectivity index (χ3n) is 11.3. The second kappa shape index (κ2) is 16.1. The van der Waals surface area contributed by atoms with E-state index in [2.05, 4.69) is 31.3 Å². The Bertz CT molecular complexity index is 3010. The maximum Gasteiger partial charge on any atom is 0.308 e. The number of thiophene rings is 1. The fourth-order valence-electron chi connectivity index (χ4n) is 7.97. The second-order valence-corrected chi connectivity index (χ2v) is 18.0. The molecule has 3 aromatic carbocycles. The zero-order valence-corrected chi connectivity index (χ0v) is 35.6. The minimum Gasteiger partial charge on any atom is -0.469 e. The number of methoxy groups -OCH3 is 1. The average Bonchev–Trinajstić information content (AvgIpc) is 3.92. The summed E-state index contributed by atoms with van der Waals surface area (Å²) in [5, 5.41) is 22.9. The summed E-state index contributed by atoms with van der Waals surface area (Å²) in [6, 6.07) is 17.4. The Morgan fingerprint density at radius 2 is 1.89 bits per heavy atom. The van der Waals surface area contributed by atoms with Crippen LogP contribution < -0.4 is 10.0 Å². The molecule has 0 fully saturated rings. The fourth-order valence-corrected chi connectivity index (χ4v) is 10.3. The van der Waals surface area contributed by atoms with E-state index < -0.39 is 27.4 Å². The van der Waals surface area contributed by atoms with Crippen LogP contribution in [-0.4, -0.2) is 59.4 Å². The van der Waals surface area contributed by atoms with Crippen molar-refractivity contribution in [2.24, 2.45) is 10.4 Å². The van der Waals surface area contributed by atoms with E-state index in [-0.39, 0.29) is 36.0 Å². The summed E-state index contributed by atoms with van der Waals surface area (Å²) in [4.78, 5) is 37.1. The number of anilines is 1. The molecule has 61 heavy (non-hydrogen) atoms. The number of fused-ring (bicyclic) bond motifs is 4. The molecule has 2 atom stereocenters. The molecule has 1 unspecified atom stereocenters. The van der Waals surface area contributed by atoms with E-state index >= 15 is 0 Å². The first-order valence-corrected chi connectivity index (χ1v) is 21.8. The van der Waals surface area contributed by atoms with E-state index in [1.807, 2.05) is 56.6 Å². The van der Waals surface area contributed by atoms with Gasteiger partial charge < -0.3 is 15.0 Å². The Labute approximate surface area is 355 Å². The van der Waals surface area contributed by atoms with Gasteiger partial charge in [0.05, 0.1) is 40.9 Å². The summed E-state index contributed by atoms with van der Waals surface area (Å²) in [5.41, 5.74) is 5.05. The standard InChI is InChI=1S/C45H41FN8O5S2/c1-25-9-14-35(40-38(25)32(23-47)24-49-40)53-61(57,58)34-12-10-29(11-13-34)17-20-48-44(56)45(18-15-30(16-19-45)31-7-6-8-33(46)21-31)41-39-26(2)27(3)60-43(39)54-28(4)51-52-42(54)36(50-41)22-37(55)59-5/h6-16,18,21,24,36,49,53H,17,19-20,22H2,1-5H3,(H,48,56)/t36-,45?/m0/s1. The molecule has 0 saturated carbocycles. The number of sulfonamides is 1. The number of hydrogen-bond acceptors (Lipinski definition) is 10. The van der Waals surface area contributed by atoms with E-state index in [0.717, 1.165) is 37.7 Å². The molecule has 1 aliphatic heterocycles. The van der Waals surface area contributed by atoms with Crippen LogP contribution in [-0.2, 0) is 30.8 Å². The molecule has 0 bridgehead atoms. The molecule has 1 amide bonds. The number of carbonyl (C=O) groups excluding carboxylic acids is 2. The van der Waals surface area contributed by atoms with E-state index in [4.69, 9.17) is 9.73 Å². The van der Waals surface area contributed by atoms with Gasteiger partial charge in [0, 0.05) is 28.6 Å². The molecule has 16 heteroatoms. The molecule has 3 aromatic heterocycles. The topological polar surface area (TPSA) is 184 Å². The number of aryl methyl sites for hydroxylation is 3. The first-order chi connectivity index (χ1) is 29.2. The van der Waals surface area contributed by atoms with Gasteiger partial charge in [-0.25, -0.2) is 12.8 Å². The third-order valence-corrected chi connectivity index (χ3v) is 13.9. The number of aliphatic imine (C=N–C) groups is 1. The average molecular weight is 857 g/mol. The molecule has 0 radical (unpaired) electrons. The maximum absolute atomic E-state index is 14.9. The number of carbonyl (C=O) groups is 2. The van der Waals surface area contributed by atoms with Crippen LogP contribution in [0.15, 0.2) is 95.0 Å². The second-order valence-electron chi connectivity index (χ2n) is 15.1. The maximum atomic E-state index is 14.9. The number of amides is 1. The Kier molecular flexibility index (Phi) is 10.8. The van der Waals surface area contributed by atoms with Crippen molar-refractivity contribution in [2.75, 3.05) is 18.4 Å². The van der Waals surface area contributed by atoms with Gasteiger partial charge in [-0.2, -0.15) is 5.26 Å². The number of benzene rings is 3. The number of ether oxygens (including phenoxy) is 1. The number of H-pyrrole nitrogens is 1. The van der Waals surface area contributed by atoms with Crippen molar-refractivity contribution in [3.8, 4) is 11.1 Å². The normalized spacial score (nSPS) is 17.1. The minimum atomic E-state index is -4.00. The van der Waals surface area contributed by atoms with Crippen LogP contribution in [0, 0.1) is 50.3 Å². The zero-order valence-electron chi connectivity index (χ0n) is 34.0. The number of hydrogen-bond donors (Lipinski definition) is 3. The van der Waals surface area contributed by atoms with Crippen LogP contribution in [0.1, 0.15) is 68.8 Å². The quantitative estimate of drug-likeness (QED) is 0.111. The van der Waals surface area contributed by atoms with Gasteiger partial charge in [0.2, 0.25) is 5.91 Å². The Hall–Kier alpha value is -6.70. The zero-order chi connectivity index (χ0) is 43.2. The Balaban J connectivity index is 1.09. The van der Waals surface area contributed by atoms with Crippen LogP contribution in [0.2, 0.25) is 0 Å². The molecule has 0 spiro atoms. The number of aromatic nitrogens is 4. The fraction of sp³-hybridized carbons (Fsp3) is 0.244. The molecular weight excluding hydrogens is 816 g/mol. The van der Waals surface area contributed by atoms with Gasteiger partial charge in [-0.15, -0.1) is 21.5 Å². The number of halogens is 1. The number of esters is 1. The highest BCUT2D eigenvalue weighted by Crippen LogP contribution is 2.46. The Morgan fingerprint density at radius 1 is 1.10 bits per heavy atom. The largest absolute Gasteiger partial charge is 0.469 e. The summed E-state index contributed by atoms with van der Waals surface area (Å²) in [6.07, 6.45) is 7.50. The molecule has 0 saturated heterocycles. The first kappa shape index (κ1) is 41.1. The van der Waals surface area contributed by atoms with E-state index in [1.54, 1.807) is 36.5 Å². The SMILES string of the molecule is COC(=O)C[C@@H]1N=C(C2(C(=O)NCCc3ccc(S(=O)(=O)Nc4ccc(C)c5c(C#N)c[nH]c45)cc3)C=CC(c3cccc(F)c3)=CC2)c2c(sc(C)c2C)-n2c(C)nnc21. The highest BCUT2D eigenvalue weighted by atomic mass is 32.2. The van der Waals surface area contributed by atoms with Crippen molar-refractivity contribution in [3.63, 3.8) is 0 Å². The van der Waals surface area contributed by atoms with Gasteiger partial charge in [0.25, 0.3) is 10.0 Å². The Morgan fingerprint density at radius 3 is 2.59 bits per heavy atom. The van der Waals surface area contributed by atoms with Crippen LogP contribution >= 0.6 is 11.3 Å². The van der Waals surface area contributed by atoms with Crippen molar-refractivity contribution < 1.29 is 27.1 Å². The van der Waals surface area contributed by atoms with Crippen molar-refractivity contribution in [2.45, 2.75) is 57.9 Å². The molecule has 13 nitrogen and oxygen atoms in total. The number of nitrogens with one attached hydrogen (secondary N) is 3. The van der Waals surface area contributed by atoms with Crippen LogP contribution in [0.25, 0.3) is 21.5 Å². The molecule has 310 valence electrons. The first-order valence-electron chi connectivity index (χ1n) is 19.5. The van der Waals surface area contributed by atoms with Crippen LogP contribution in [0.5, 0.6) is 0 Å². The number of nitrogens with zero attached hydrogens (tertiary/aromatic N) is 5. The third kappa shape index (κ3) is 7.44. The molecule has 2 aliphatic rings. The van der Waals surface area contributed by atoms with Gasteiger partial charge in [-0.05, 0) is 98.7 Å². The molecule has 1 aliphatic carbocycles. The smallest absolute Gasteiger partial charge is 0.308 e. The lowest BCUT2D eigenvalue weighted by Gasteiger charge is -2.33. The van der Waals surface area contributed by atoms with Crippen LogP contribution in [0.4, 0.5) is 10.1 Å². The molecular formula is C45H41FN8O5S2. The highest BCUT2D eigenvalue weighted by Gasteiger charge is 2.46. The number of nitriles is 1. The van der Waals surface area contributed by atoms with Crippen molar-refractivity contribution in [1.82, 2.24) is 25.1 Å². The number of rotatable bonds is 11. The minimum absolute atomic E-state index is 0.0452.